The van der Waals surface area contributed by atoms with E-state index in [-0.39, 0.29) is 5.91 Å². The highest BCUT2D eigenvalue weighted by molar-refractivity contribution is 6.05. The minimum absolute atomic E-state index is 0.0437. The topological polar surface area (TPSA) is 44.9 Å². The second kappa shape index (κ2) is 4.48. The Labute approximate surface area is 107 Å². The predicted molar refractivity (Wildman–Crippen MR) is 72.6 cm³/mol. The predicted octanol–water partition coefficient (Wildman–Crippen LogP) is 3.09. The molecule has 18 heavy (non-hydrogen) atoms. The van der Waals surface area contributed by atoms with Gasteiger partial charge in [0.1, 0.15) is 0 Å². The lowest BCUT2D eigenvalue weighted by Crippen LogP contribution is -2.33. The summed E-state index contributed by atoms with van der Waals surface area (Å²) in [6.45, 7) is 2.25. The van der Waals surface area contributed by atoms with Gasteiger partial charge in [0, 0.05) is 17.6 Å². The average molecular weight is 242 g/mol. The second-order valence-corrected chi connectivity index (χ2v) is 5.34. The number of carbonyl (C=O) groups excluding carboxylic acids is 1. The molecule has 3 rings (SSSR count). The number of carbonyl (C=O) groups is 1. The molecule has 1 aliphatic rings. The molecule has 2 unspecified atom stereocenters. The third kappa shape index (κ3) is 2.01. The van der Waals surface area contributed by atoms with E-state index in [0.717, 1.165) is 35.2 Å². The molecule has 0 bridgehead atoms. The van der Waals surface area contributed by atoms with E-state index in [2.05, 4.69) is 17.2 Å². The third-order valence-corrected chi connectivity index (χ3v) is 3.86. The van der Waals surface area contributed by atoms with Crippen LogP contribution in [0.1, 0.15) is 36.5 Å². The zero-order valence-corrected chi connectivity index (χ0v) is 10.6. The van der Waals surface area contributed by atoms with Crippen molar-refractivity contribution in [3.63, 3.8) is 0 Å². The molecule has 1 aromatic carbocycles. The first-order valence-corrected chi connectivity index (χ1v) is 6.61. The lowest BCUT2D eigenvalue weighted by molar-refractivity contribution is 0.0939. The molecule has 2 aromatic rings. The molecule has 1 aromatic heterocycles. The standard InChI is InChI=1S/C15H18N2O/c1-10-5-6-12(9-10)17-15(18)13-4-2-3-11-7-8-16-14(11)13/h2-4,7-8,10,12,16H,5-6,9H2,1H3,(H,17,18). The van der Waals surface area contributed by atoms with Crippen LogP contribution in [-0.2, 0) is 0 Å². The number of hydrogen-bond donors (Lipinski definition) is 2. The highest BCUT2D eigenvalue weighted by atomic mass is 16.1. The minimum Gasteiger partial charge on any atom is -0.361 e. The Morgan fingerprint density at radius 2 is 2.22 bits per heavy atom. The van der Waals surface area contributed by atoms with Gasteiger partial charge in [0.15, 0.2) is 0 Å². The molecule has 1 saturated carbocycles. The van der Waals surface area contributed by atoms with Gasteiger partial charge in [-0.25, -0.2) is 0 Å². The van der Waals surface area contributed by atoms with E-state index in [4.69, 9.17) is 0 Å². The molecule has 2 N–H and O–H groups in total. The van der Waals surface area contributed by atoms with Crippen molar-refractivity contribution in [3.8, 4) is 0 Å². The number of hydrogen-bond acceptors (Lipinski definition) is 1. The maximum Gasteiger partial charge on any atom is 0.253 e. The molecular formula is C15H18N2O. The number of benzene rings is 1. The molecule has 1 fully saturated rings. The summed E-state index contributed by atoms with van der Waals surface area (Å²) in [5.74, 6) is 0.777. The van der Waals surface area contributed by atoms with E-state index in [0.29, 0.717) is 6.04 Å². The summed E-state index contributed by atoms with van der Waals surface area (Å²) < 4.78 is 0. The van der Waals surface area contributed by atoms with E-state index in [1.165, 1.54) is 6.42 Å². The Hall–Kier alpha value is -1.77. The van der Waals surface area contributed by atoms with Gasteiger partial charge in [-0.1, -0.05) is 19.1 Å². The molecule has 94 valence electrons. The second-order valence-electron chi connectivity index (χ2n) is 5.34. The van der Waals surface area contributed by atoms with Crippen molar-refractivity contribution in [2.75, 3.05) is 0 Å². The van der Waals surface area contributed by atoms with Crippen molar-refractivity contribution < 1.29 is 4.79 Å². The van der Waals surface area contributed by atoms with Crippen molar-refractivity contribution in [1.29, 1.82) is 0 Å². The van der Waals surface area contributed by atoms with Crippen LogP contribution in [0.25, 0.3) is 10.9 Å². The number of nitrogens with one attached hydrogen (secondary N) is 2. The Bertz CT molecular complexity index is 573. The van der Waals surface area contributed by atoms with Crippen molar-refractivity contribution in [2.24, 2.45) is 5.92 Å². The highest BCUT2D eigenvalue weighted by Crippen LogP contribution is 2.25. The zero-order valence-electron chi connectivity index (χ0n) is 10.6. The first-order chi connectivity index (χ1) is 8.74. The number of aromatic nitrogens is 1. The number of para-hydroxylation sites is 1. The SMILES string of the molecule is CC1CCC(NC(=O)c2cccc3cc[nH]c23)C1. The van der Waals surface area contributed by atoms with E-state index in [1.54, 1.807) is 0 Å². The van der Waals surface area contributed by atoms with E-state index < -0.39 is 0 Å². The van der Waals surface area contributed by atoms with Crippen LogP contribution >= 0.6 is 0 Å². The van der Waals surface area contributed by atoms with Crippen molar-refractivity contribution >= 4 is 16.8 Å². The maximum absolute atomic E-state index is 12.3. The van der Waals surface area contributed by atoms with E-state index in [9.17, 15) is 4.79 Å². The summed E-state index contributed by atoms with van der Waals surface area (Å²) in [6.07, 6.45) is 5.30. The molecule has 0 saturated heterocycles. The van der Waals surface area contributed by atoms with Gasteiger partial charge in [-0.05, 0) is 37.3 Å². The third-order valence-electron chi connectivity index (χ3n) is 3.86. The van der Waals surface area contributed by atoms with Gasteiger partial charge in [-0.2, -0.15) is 0 Å². The number of aromatic amines is 1. The van der Waals surface area contributed by atoms with Crippen LogP contribution in [-0.4, -0.2) is 16.9 Å². The lowest BCUT2D eigenvalue weighted by atomic mass is 10.1. The normalized spacial score (nSPS) is 23.4. The van der Waals surface area contributed by atoms with Crippen LogP contribution in [0.5, 0.6) is 0 Å². The number of fused-ring (bicyclic) bond motifs is 1. The minimum atomic E-state index is 0.0437. The van der Waals surface area contributed by atoms with Gasteiger partial charge in [0.25, 0.3) is 5.91 Å². The quantitative estimate of drug-likeness (QED) is 0.835. The number of H-pyrrole nitrogens is 1. The lowest BCUT2D eigenvalue weighted by Gasteiger charge is -2.12. The highest BCUT2D eigenvalue weighted by Gasteiger charge is 2.23. The first-order valence-electron chi connectivity index (χ1n) is 6.61. The van der Waals surface area contributed by atoms with E-state index in [1.807, 2.05) is 30.5 Å². The van der Waals surface area contributed by atoms with Crippen LogP contribution in [0, 0.1) is 5.92 Å². The summed E-state index contributed by atoms with van der Waals surface area (Å²) in [6, 6.07) is 8.16. The summed E-state index contributed by atoms with van der Waals surface area (Å²) in [4.78, 5) is 15.4. The summed E-state index contributed by atoms with van der Waals surface area (Å²) in [7, 11) is 0. The van der Waals surface area contributed by atoms with Crippen LogP contribution in [0.2, 0.25) is 0 Å². The Morgan fingerprint density at radius 1 is 1.33 bits per heavy atom. The van der Waals surface area contributed by atoms with Crippen LogP contribution in [0.4, 0.5) is 0 Å². The molecule has 1 aliphatic carbocycles. The fourth-order valence-electron chi connectivity index (χ4n) is 2.88. The molecule has 0 radical (unpaired) electrons. The monoisotopic (exact) mass is 242 g/mol. The smallest absolute Gasteiger partial charge is 0.253 e. The number of amides is 1. The van der Waals surface area contributed by atoms with Gasteiger partial charge >= 0.3 is 0 Å². The molecular weight excluding hydrogens is 224 g/mol. The van der Waals surface area contributed by atoms with Crippen LogP contribution in [0.15, 0.2) is 30.5 Å². The molecule has 0 spiro atoms. The first kappa shape index (κ1) is 11.3. The molecule has 3 nitrogen and oxygen atoms in total. The Morgan fingerprint density at radius 3 is 3.00 bits per heavy atom. The molecule has 1 amide bonds. The maximum atomic E-state index is 12.3. The Balaban J connectivity index is 1.81. The van der Waals surface area contributed by atoms with Crippen LogP contribution in [0.3, 0.4) is 0 Å². The molecule has 1 heterocycles. The fraction of sp³-hybridized carbons (Fsp3) is 0.400. The van der Waals surface area contributed by atoms with Gasteiger partial charge in [0.05, 0.1) is 11.1 Å². The van der Waals surface area contributed by atoms with Gasteiger partial charge < -0.3 is 10.3 Å². The Kier molecular flexibility index (Phi) is 2.82. The molecule has 2 atom stereocenters. The van der Waals surface area contributed by atoms with Crippen molar-refractivity contribution in [2.45, 2.75) is 32.2 Å². The van der Waals surface area contributed by atoms with Gasteiger partial charge in [-0.15, -0.1) is 0 Å². The van der Waals surface area contributed by atoms with Crippen LogP contribution < -0.4 is 5.32 Å². The fourth-order valence-corrected chi connectivity index (χ4v) is 2.88. The summed E-state index contributed by atoms with van der Waals surface area (Å²) in [5, 5.41) is 4.23. The van der Waals surface area contributed by atoms with Gasteiger partial charge in [0.2, 0.25) is 0 Å². The number of rotatable bonds is 2. The molecule has 0 aliphatic heterocycles. The van der Waals surface area contributed by atoms with E-state index >= 15 is 0 Å². The summed E-state index contributed by atoms with van der Waals surface area (Å²) in [5.41, 5.74) is 1.68. The van der Waals surface area contributed by atoms with Gasteiger partial charge in [-0.3, -0.25) is 4.79 Å². The summed E-state index contributed by atoms with van der Waals surface area (Å²) >= 11 is 0. The zero-order chi connectivity index (χ0) is 12.5. The average Bonchev–Trinajstić information content (AvgIpc) is 2.97. The largest absolute Gasteiger partial charge is 0.361 e. The molecule has 3 heteroatoms. The van der Waals surface area contributed by atoms with Crippen molar-refractivity contribution in [3.05, 3.63) is 36.0 Å². The van der Waals surface area contributed by atoms with Crippen molar-refractivity contribution in [1.82, 2.24) is 10.3 Å².